The van der Waals surface area contributed by atoms with Crippen LogP contribution in [-0.4, -0.2) is 29.9 Å². The van der Waals surface area contributed by atoms with Crippen LogP contribution in [0.2, 0.25) is 0 Å². The maximum Gasteiger partial charge on any atom is 0.253 e. The lowest BCUT2D eigenvalue weighted by atomic mass is 10.1. The normalized spacial score (nSPS) is 10.2. The third-order valence-electron chi connectivity index (χ3n) is 2.70. The standard InChI is InChI=1S/C15H16N2O/c1-11-6-4-9-14(16-11)12-7-5-8-13(10-12)15(18)17(2)3/h4-10H,1-3H3. The number of hydrogen-bond acceptors (Lipinski definition) is 2. The van der Waals surface area contributed by atoms with Crippen LogP contribution < -0.4 is 0 Å². The Morgan fingerprint density at radius 2 is 1.83 bits per heavy atom. The molecule has 0 N–H and O–H groups in total. The molecule has 0 aliphatic carbocycles. The van der Waals surface area contributed by atoms with Crippen molar-refractivity contribution in [3.63, 3.8) is 0 Å². The first-order valence-electron chi connectivity index (χ1n) is 5.83. The molecule has 2 rings (SSSR count). The molecule has 0 fully saturated rings. The third kappa shape index (κ3) is 2.56. The summed E-state index contributed by atoms with van der Waals surface area (Å²) in [6.07, 6.45) is 0. The van der Waals surface area contributed by atoms with E-state index < -0.39 is 0 Å². The molecule has 3 nitrogen and oxygen atoms in total. The van der Waals surface area contributed by atoms with Crippen LogP contribution in [0.4, 0.5) is 0 Å². The van der Waals surface area contributed by atoms with Crippen molar-refractivity contribution in [1.82, 2.24) is 9.88 Å². The Balaban J connectivity index is 2.42. The van der Waals surface area contributed by atoms with Gasteiger partial charge in [0, 0.05) is 30.9 Å². The number of hydrogen-bond donors (Lipinski definition) is 0. The van der Waals surface area contributed by atoms with Crippen molar-refractivity contribution >= 4 is 5.91 Å². The molecule has 0 aliphatic rings. The number of amides is 1. The molecule has 0 saturated heterocycles. The van der Waals surface area contributed by atoms with Gasteiger partial charge < -0.3 is 4.90 Å². The SMILES string of the molecule is Cc1cccc(-c2cccc(C(=O)N(C)C)c2)n1. The van der Waals surface area contributed by atoms with Crippen molar-refractivity contribution in [2.75, 3.05) is 14.1 Å². The van der Waals surface area contributed by atoms with Crippen LogP contribution in [0.3, 0.4) is 0 Å². The van der Waals surface area contributed by atoms with Crippen molar-refractivity contribution in [2.24, 2.45) is 0 Å². The first-order chi connectivity index (χ1) is 8.58. The summed E-state index contributed by atoms with van der Waals surface area (Å²) in [6, 6.07) is 13.4. The number of aryl methyl sites for hydroxylation is 1. The number of nitrogens with zero attached hydrogens (tertiary/aromatic N) is 2. The zero-order chi connectivity index (χ0) is 13.1. The minimum Gasteiger partial charge on any atom is -0.345 e. The number of carbonyl (C=O) groups excluding carboxylic acids is 1. The fourth-order valence-electron chi connectivity index (χ4n) is 1.77. The van der Waals surface area contributed by atoms with E-state index in [-0.39, 0.29) is 5.91 Å². The molecule has 0 unspecified atom stereocenters. The summed E-state index contributed by atoms with van der Waals surface area (Å²) in [5.74, 6) is 0.00417. The van der Waals surface area contributed by atoms with Crippen LogP contribution in [0.15, 0.2) is 42.5 Å². The van der Waals surface area contributed by atoms with Crippen LogP contribution in [0.5, 0.6) is 0 Å². The number of rotatable bonds is 2. The fourth-order valence-corrected chi connectivity index (χ4v) is 1.77. The van der Waals surface area contributed by atoms with Gasteiger partial charge in [0.05, 0.1) is 5.69 Å². The van der Waals surface area contributed by atoms with Gasteiger partial charge in [-0.3, -0.25) is 9.78 Å². The lowest BCUT2D eigenvalue weighted by Crippen LogP contribution is -2.21. The van der Waals surface area contributed by atoms with Crippen LogP contribution in [-0.2, 0) is 0 Å². The van der Waals surface area contributed by atoms with E-state index in [0.717, 1.165) is 17.0 Å². The van der Waals surface area contributed by atoms with Gasteiger partial charge in [0.1, 0.15) is 0 Å². The average Bonchev–Trinajstić information content (AvgIpc) is 2.38. The molecule has 3 heteroatoms. The van der Waals surface area contributed by atoms with Gasteiger partial charge in [-0.1, -0.05) is 18.2 Å². The monoisotopic (exact) mass is 240 g/mol. The molecule has 0 radical (unpaired) electrons. The van der Waals surface area contributed by atoms with Crippen LogP contribution >= 0.6 is 0 Å². The van der Waals surface area contributed by atoms with Gasteiger partial charge in [-0.25, -0.2) is 0 Å². The largest absolute Gasteiger partial charge is 0.345 e. The summed E-state index contributed by atoms with van der Waals surface area (Å²) in [5, 5.41) is 0. The van der Waals surface area contributed by atoms with Crippen molar-refractivity contribution in [3.8, 4) is 11.3 Å². The van der Waals surface area contributed by atoms with Gasteiger partial charge in [0.2, 0.25) is 0 Å². The van der Waals surface area contributed by atoms with E-state index in [1.807, 2.05) is 49.4 Å². The molecular formula is C15H16N2O. The lowest BCUT2D eigenvalue weighted by molar-refractivity contribution is 0.0827. The summed E-state index contributed by atoms with van der Waals surface area (Å²) in [7, 11) is 3.50. The fraction of sp³-hybridized carbons (Fsp3) is 0.200. The zero-order valence-corrected chi connectivity index (χ0v) is 10.8. The second-order valence-electron chi connectivity index (χ2n) is 4.44. The second kappa shape index (κ2) is 5.00. The molecule has 92 valence electrons. The Morgan fingerprint density at radius 1 is 1.11 bits per heavy atom. The third-order valence-corrected chi connectivity index (χ3v) is 2.70. The molecule has 2 aromatic rings. The molecular weight excluding hydrogens is 224 g/mol. The minimum atomic E-state index is 0.00417. The summed E-state index contributed by atoms with van der Waals surface area (Å²) in [6.45, 7) is 1.96. The molecule has 0 saturated carbocycles. The van der Waals surface area contributed by atoms with E-state index in [9.17, 15) is 4.79 Å². The Morgan fingerprint density at radius 3 is 2.50 bits per heavy atom. The van der Waals surface area contributed by atoms with Crippen molar-refractivity contribution < 1.29 is 4.79 Å². The Labute approximate surface area is 107 Å². The molecule has 0 atom stereocenters. The van der Waals surface area contributed by atoms with E-state index in [1.54, 1.807) is 19.0 Å². The van der Waals surface area contributed by atoms with Crippen molar-refractivity contribution in [3.05, 3.63) is 53.7 Å². The maximum absolute atomic E-state index is 11.9. The van der Waals surface area contributed by atoms with E-state index in [0.29, 0.717) is 5.56 Å². The van der Waals surface area contributed by atoms with Gasteiger partial charge in [-0.05, 0) is 31.2 Å². The number of pyridine rings is 1. The molecule has 0 bridgehead atoms. The summed E-state index contributed by atoms with van der Waals surface area (Å²) < 4.78 is 0. The smallest absolute Gasteiger partial charge is 0.253 e. The van der Waals surface area contributed by atoms with E-state index in [2.05, 4.69) is 4.98 Å². The zero-order valence-electron chi connectivity index (χ0n) is 10.8. The molecule has 18 heavy (non-hydrogen) atoms. The van der Waals surface area contributed by atoms with Gasteiger partial charge in [-0.15, -0.1) is 0 Å². The van der Waals surface area contributed by atoms with Crippen LogP contribution in [0.1, 0.15) is 16.1 Å². The van der Waals surface area contributed by atoms with Crippen LogP contribution in [0, 0.1) is 6.92 Å². The number of carbonyl (C=O) groups is 1. The van der Waals surface area contributed by atoms with E-state index in [1.165, 1.54) is 0 Å². The number of aromatic nitrogens is 1. The van der Waals surface area contributed by atoms with Gasteiger partial charge >= 0.3 is 0 Å². The summed E-state index contributed by atoms with van der Waals surface area (Å²) in [4.78, 5) is 17.9. The molecule has 1 aromatic carbocycles. The highest BCUT2D eigenvalue weighted by Gasteiger charge is 2.09. The van der Waals surface area contributed by atoms with Crippen LogP contribution in [0.25, 0.3) is 11.3 Å². The quantitative estimate of drug-likeness (QED) is 0.808. The summed E-state index contributed by atoms with van der Waals surface area (Å²) in [5.41, 5.74) is 3.51. The Kier molecular flexibility index (Phi) is 3.42. The minimum absolute atomic E-state index is 0.00417. The highest BCUT2D eigenvalue weighted by molar-refractivity contribution is 5.95. The first-order valence-corrected chi connectivity index (χ1v) is 5.83. The predicted octanol–water partition coefficient (Wildman–Crippen LogP) is 2.76. The van der Waals surface area contributed by atoms with E-state index >= 15 is 0 Å². The van der Waals surface area contributed by atoms with Crippen molar-refractivity contribution in [2.45, 2.75) is 6.92 Å². The molecule has 1 heterocycles. The Bertz CT molecular complexity index is 576. The van der Waals surface area contributed by atoms with Gasteiger partial charge in [-0.2, -0.15) is 0 Å². The molecule has 0 spiro atoms. The predicted molar refractivity (Wildman–Crippen MR) is 72.4 cm³/mol. The first kappa shape index (κ1) is 12.3. The molecule has 1 amide bonds. The topological polar surface area (TPSA) is 33.2 Å². The second-order valence-corrected chi connectivity index (χ2v) is 4.44. The lowest BCUT2D eigenvalue weighted by Gasteiger charge is -2.11. The highest BCUT2D eigenvalue weighted by atomic mass is 16.2. The van der Waals surface area contributed by atoms with E-state index in [4.69, 9.17) is 0 Å². The van der Waals surface area contributed by atoms with Gasteiger partial charge in [0.15, 0.2) is 0 Å². The summed E-state index contributed by atoms with van der Waals surface area (Å²) >= 11 is 0. The number of benzene rings is 1. The van der Waals surface area contributed by atoms with Crippen molar-refractivity contribution in [1.29, 1.82) is 0 Å². The maximum atomic E-state index is 11.9. The molecule has 1 aromatic heterocycles. The average molecular weight is 240 g/mol. The van der Waals surface area contributed by atoms with Gasteiger partial charge in [0.25, 0.3) is 5.91 Å². The highest BCUT2D eigenvalue weighted by Crippen LogP contribution is 2.19. The molecule has 0 aliphatic heterocycles. The Hall–Kier alpha value is -2.16.